The van der Waals surface area contributed by atoms with Crippen molar-refractivity contribution in [2.24, 2.45) is 11.7 Å². The van der Waals surface area contributed by atoms with E-state index in [2.05, 4.69) is 24.0 Å². The maximum Gasteiger partial charge on any atom is 0.0182 e. The minimum absolute atomic E-state index is 0.409. The first-order valence-electron chi connectivity index (χ1n) is 6.20. The number of hydrogen-bond donors (Lipinski definition) is 2. The van der Waals surface area contributed by atoms with Gasteiger partial charge in [-0.05, 0) is 37.3 Å². The highest BCUT2D eigenvalue weighted by atomic mass is 14.7. The molecule has 0 radical (unpaired) electrons. The van der Waals surface area contributed by atoms with Gasteiger partial charge in [0.05, 0.1) is 0 Å². The number of nitrogens with one attached hydrogen (secondary N) is 1. The summed E-state index contributed by atoms with van der Waals surface area (Å²) in [5.41, 5.74) is 7.47. The van der Waals surface area contributed by atoms with Gasteiger partial charge < -0.3 is 10.7 Å². The molecule has 0 amide bonds. The van der Waals surface area contributed by atoms with Crippen LogP contribution in [0.15, 0.2) is 18.3 Å². The molecule has 1 heterocycles. The van der Waals surface area contributed by atoms with Gasteiger partial charge in [0.2, 0.25) is 0 Å². The van der Waals surface area contributed by atoms with E-state index >= 15 is 0 Å². The van der Waals surface area contributed by atoms with E-state index in [-0.39, 0.29) is 0 Å². The summed E-state index contributed by atoms with van der Waals surface area (Å²) in [4.78, 5) is 3.36. The van der Waals surface area contributed by atoms with Crippen LogP contribution in [0.2, 0.25) is 0 Å². The van der Waals surface area contributed by atoms with Crippen molar-refractivity contribution in [2.75, 3.05) is 0 Å². The number of aromatic nitrogens is 1. The lowest BCUT2D eigenvalue weighted by molar-refractivity contribution is 0.261. The van der Waals surface area contributed by atoms with E-state index in [0.717, 1.165) is 12.3 Å². The van der Waals surface area contributed by atoms with Crippen LogP contribution >= 0.6 is 0 Å². The monoisotopic (exact) mass is 206 g/mol. The topological polar surface area (TPSA) is 41.8 Å². The minimum atomic E-state index is 0.409. The lowest BCUT2D eigenvalue weighted by Gasteiger charge is -2.34. The van der Waals surface area contributed by atoms with Crippen molar-refractivity contribution >= 4 is 0 Å². The van der Waals surface area contributed by atoms with Crippen molar-refractivity contribution < 1.29 is 0 Å². The summed E-state index contributed by atoms with van der Waals surface area (Å²) >= 11 is 0. The van der Waals surface area contributed by atoms with Gasteiger partial charge in [0.1, 0.15) is 0 Å². The molecule has 84 valence electrons. The Balaban J connectivity index is 2.09. The average molecular weight is 206 g/mol. The van der Waals surface area contributed by atoms with Crippen LogP contribution in [-0.2, 0) is 0 Å². The molecule has 2 rings (SSSR count). The van der Waals surface area contributed by atoms with Crippen LogP contribution in [0, 0.1) is 5.92 Å². The molecule has 1 aromatic rings. The first-order valence-corrected chi connectivity index (χ1v) is 6.20. The van der Waals surface area contributed by atoms with Gasteiger partial charge >= 0.3 is 0 Å². The summed E-state index contributed by atoms with van der Waals surface area (Å²) in [6.45, 7) is 2.28. The number of rotatable bonds is 3. The summed E-state index contributed by atoms with van der Waals surface area (Å²) in [5, 5.41) is 0. The molecule has 0 spiro atoms. The van der Waals surface area contributed by atoms with Crippen LogP contribution in [0.25, 0.3) is 0 Å². The average Bonchev–Trinajstić information content (AvgIpc) is 2.74. The molecule has 3 N–H and O–H groups in total. The molecular formula is C13H22N2. The van der Waals surface area contributed by atoms with Crippen LogP contribution < -0.4 is 5.73 Å². The van der Waals surface area contributed by atoms with Gasteiger partial charge in [0.15, 0.2) is 0 Å². The predicted molar refractivity (Wildman–Crippen MR) is 63.8 cm³/mol. The van der Waals surface area contributed by atoms with Gasteiger partial charge in [0.25, 0.3) is 0 Å². The largest absolute Gasteiger partial charge is 0.365 e. The highest BCUT2D eigenvalue weighted by Gasteiger charge is 2.29. The summed E-state index contributed by atoms with van der Waals surface area (Å²) in [6.07, 6.45) is 8.33. The highest BCUT2D eigenvalue weighted by Crippen LogP contribution is 2.38. The van der Waals surface area contributed by atoms with Crippen molar-refractivity contribution in [1.82, 2.24) is 4.98 Å². The van der Waals surface area contributed by atoms with Gasteiger partial charge in [-0.3, -0.25) is 0 Å². The Morgan fingerprint density at radius 3 is 3.00 bits per heavy atom. The minimum Gasteiger partial charge on any atom is -0.365 e. The molecular weight excluding hydrogens is 184 g/mol. The summed E-state index contributed by atoms with van der Waals surface area (Å²) in [7, 11) is 0. The van der Waals surface area contributed by atoms with Crippen LogP contribution in [0.1, 0.15) is 50.6 Å². The molecule has 0 saturated heterocycles. The Morgan fingerprint density at radius 1 is 1.47 bits per heavy atom. The van der Waals surface area contributed by atoms with Crippen molar-refractivity contribution in [1.29, 1.82) is 0 Å². The van der Waals surface area contributed by atoms with Crippen molar-refractivity contribution in [3.63, 3.8) is 0 Å². The van der Waals surface area contributed by atoms with E-state index in [9.17, 15) is 0 Å². The fourth-order valence-electron chi connectivity index (χ4n) is 2.94. The maximum absolute atomic E-state index is 6.08. The molecule has 3 unspecified atom stereocenters. The van der Waals surface area contributed by atoms with Crippen molar-refractivity contribution in [2.45, 2.75) is 51.0 Å². The van der Waals surface area contributed by atoms with Crippen LogP contribution in [-0.4, -0.2) is 11.0 Å². The molecule has 0 aromatic carbocycles. The molecule has 0 bridgehead atoms. The van der Waals surface area contributed by atoms with Crippen LogP contribution in [0.4, 0.5) is 0 Å². The first-order chi connectivity index (χ1) is 7.31. The predicted octanol–water partition coefficient (Wildman–Crippen LogP) is 3.03. The Bertz CT molecular complexity index is 279. The highest BCUT2D eigenvalue weighted by molar-refractivity contribution is 5.13. The zero-order chi connectivity index (χ0) is 10.7. The molecule has 0 aliphatic heterocycles. The van der Waals surface area contributed by atoms with E-state index in [1.165, 1.54) is 31.4 Å². The van der Waals surface area contributed by atoms with Gasteiger partial charge in [-0.25, -0.2) is 0 Å². The number of aromatic amines is 1. The second-order valence-corrected chi connectivity index (χ2v) is 4.85. The fourth-order valence-corrected chi connectivity index (χ4v) is 2.94. The van der Waals surface area contributed by atoms with E-state index in [1.54, 1.807) is 0 Å². The molecule has 1 saturated carbocycles. The molecule has 1 aliphatic rings. The molecule has 1 fully saturated rings. The molecule has 3 atom stereocenters. The lowest BCUT2D eigenvalue weighted by atomic mass is 9.74. The standard InChI is InChI=1S/C13H22N2/c1-2-4-10-6-7-11(14)9-12(10)13-5-3-8-15-13/h3,5,8,10-12,15H,2,4,6-7,9,14H2,1H3. The number of nitrogens with two attached hydrogens (primary N) is 1. The Kier molecular flexibility index (Phi) is 3.47. The van der Waals surface area contributed by atoms with E-state index < -0.39 is 0 Å². The van der Waals surface area contributed by atoms with Gasteiger partial charge in [-0.15, -0.1) is 0 Å². The number of hydrogen-bond acceptors (Lipinski definition) is 1. The van der Waals surface area contributed by atoms with Crippen molar-refractivity contribution in [3.8, 4) is 0 Å². The smallest absolute Gasteiger partial charge is 0.0182 e. The molecule has 2 heteroatoms. The third-order valence-electron chi connectivity index (χ3n) is 3.71. The lowest BCUT2D eigenvalue weighted by Crippen LogP contribution is -2.32. The Hall–Kier alpha value is -0.760. The van der Waals surface area contributed by atoms with E-state index in [1.807, 2.05) is 6.20 Å². The second kappa shape index (κ2) is 4.84. The third-order valence-corrected chi connectivity index (χ3v) is 3.71. The molecule has 2 nitrogen and oxygen atoms in total. The SMILES string of the molecule is CCCC1CCC(N)CC1c1ccc[nH]1. The Labute approximate surface area is 92.3 Å². The van der Waals surface area contributed by atoms with Crippen LogP contribution in [0.3, 0.4) is 0 Å². The van der Waals surface area contributed by atoms with E-state index in [4.69, 9.17) is 5.73 Å². The van der Waals surface area contributed by atoms with Crippen LogP contribution in [0.5, 0.6) is 0 Å². The summed E-state index contributed by atoms with van der Waals surface area (Å²) in [5.74, 6) is 1.51. The second-order valence-electron chi connectivity index (χ2n) is 4.85. The van der Waals surface area contributed by atoms with Gasteiger partial charge in [0, 0.05) is 23.9 Å². The maximum atomic E-state index is 6.08. The summed E-state index contributed by atoms with van der Waals surface area (Å²) in [6, 6.07) is 4.72. The molecule has 15 heavy (non-hydrogen) atoms. The molecule has 1 aromatic heterocycles. The van der Waals surface area contributed by atoms with Gasteiger partial charge in [-0.2, -0.15) is 0 Å². The zero-order valence-electron chi connectivity index (χ0n) is 9.58. The first kappa shape index (κ1) is 10.7. The van der Waals surface area contributed by atoms with Gasteiger partial charge in [-0.1, -0.05) is 19.8 Å². The fraction of sp³-hybridized carbons (Fsp3) is 0.692. The van der Waals surface area contributed by atoms with Crippen molar-refractivity contribution in [3.05, 3.63) is 24.0 Å². The zero-order valence-corrected chi connectivity index (χ0v) is 9.58. The summed E-state index contributed by atoms with van der Waals surface area (Å²) < 4.78 is 0. The quantitative estimate of drug-likeness (QED) is 0.784. The third kappa shape index (κ3) is 2.43. The molecule has 1 aliphatic carbocycles. The number of H-pyrrole nitrogens is 1. The normalized spacial score (nSPS) is 31.7. The van der Waals surface area contributed by atoms with E-state index in [0.29, 0.717) is 12.0 Å². The Morgan fingerprint density at radius 2 is 2.33 bits per heavy atom.